The van der Waals surface area contributed by atoms with Gasteiger partial charge < -0.3 is 10.2 Å². The third-order valence-corrected chi connectivity index (χ3v) is 5.10. The Morgan fingerprint density at radius 3 is 2.27 bits per heavy atom. The first-order valence-corrected chi connectivity index (χ1v) is 8.68. The number of nitrogens with zero attached hydrogens (tertiary/aromatic N) is 2. The first-order chi connectivity index (χ1) is 12.3. The van der Waals surface area contributed by atoms with Crippen LogP contribution in [0.1, 0.15) is 23.5 Å². The van der Waals surface area contributed by atoms with Crippen LogP contribution in [0.3, 0.4) is 0 Å². The normalized spacial score (nSPS) is 23.6. The maximum absolute atomic E-state index is 12.6. The van der Waals surface area contributed by atoms with Gasteiger partial charge in [0, 0.05) is 39.1 Å². The van der Waals surface area contributed by atoms with Crippen LogP contribution in [0.25, 0.3) is 0 Å². The van der Waals surface area contributed by atoms with Gasteiger partial charge in [-0.3, -0.25) is 14.5 Å². The molecule has 5 nitrogen and oxygen atoms in total. The van der Waals surface area contributed by atoms with Crippen molar-refractivity contribution in [1.82, 2.24) is 15.1 Å². The summed E-state index contributed by atoms with van der Waals surface area (Å²) >= 11 is 0. The highest BCUT2D eigenvalue weighted by Crippen LogP contribution is 2.49. The van der Waals surface area contributed by atoms with Gasteiger partial charge in [-0.2, -0.15) is 13.2 Å². The molecule has 2 atom stereocenters. The number of nitrogens with one attached hydrogen (secondary N) is 1. The van der Waals surface area contributed by atoms with E-state index < -0.39 is 11.7 Å². The van der Waals surface area contributed by atoms with Crippen molar-refractivity contribution in [3.8, 4) is 0 Å². The molecule has 0 bridgehead atoms. The average Bonchev–Trinajstić information content (AvgIpc) is 3.42. The molecule has 1 aliphatic heterocycles. The molecule has 2 aliphatic rings. The van der Waals surface area contributed by atoms with E-state index >= 15 is 0 Å². The lowest BCUT2D eigenvalue weighted by Gasteiger charge is -2.34. The summed E-state index contributed by atoms with van der Waals surface area (Å²) in [5.41, 5.74) is 0.117. The van der Waals surface area contributed by atoms with Crippen LogP contribution < -0.4 is 5.32 Å². The Morgan fingerprint density at radius 1 is 1.12 bits per heavy atom. The maximum atomic E-state index is 12.6. The van der Waals surface area contributed by atoms with Gasteiger partial charge in [-0.05, 0) is 30.0 Å². The van der Waals surface area contributed by atoms with E-state index in [1.807, 2.05) is 4.90 Å². The number of hydrogen-bond acceptors (Lipinski definition) is 3. The van der Waals surface area contributed by atoms with Crippen LogP contribution in [0.5, 0.6) is 0 Å². The van der Waals surface area contributed by atoms with Crippen LogP contribution in [0.2, 0.25) is 0 Å². The third kappa shape index (κ3) is 4.17. The van der Waals surface area contributed by atoms with Crippen molar-refractivity contribution in [1.29, 1.82) is 0 Å². The van der Waals surface area contributed by atoms with E-state index in [9.17, 15) is 22.8 Å². The fourth-order valence-electron chi connectivity index (χ4n) is 3.40. The summed E-state index contributed by atoms with van der Waals surface area (Å²) in [6.07, 6.45) is -3.66. The van der Waals surface area contributed by atoms with E-state index in [-0.39, 0.29) is 23.7 Å². The van der Waals surface area contributed by atoms with Crippen molar-refractivity contribution >= 4 is 11.8 Å². The number of likely N-dealkylation sites (N-methyl/N-ethyl adjacent to an activating group) is 1. The minimum atomic E-state index is -4.34. The molecule has 1 aromatic carbocycles. The number of amides is 2. The quantitative estimate of drug-likeness (QED) is 0.879. The van der Waals surface area contributed by atoms with E-state index in [0.717, 1.165) is 17.7 Å². The zero-order chi connectivity index (χ0) is 18.9. The lowest BCUT2D eigenvalue weighted by molar-refractivity contribution is -0.138. The van der Waals surface area contributed by atoms with Gasteiger partial charge in [0.05, 0.1) is 12.1 Å². The zero-order valence-corrected chi connectivity index (χ0v) is 14.6. The minimum Gasteiger partial charge on any atom is -0.358 e. The second-order valence-corrected chi connectivity index (χ2v) is 6.84. The highest BCUT2D eigenvalue weighted by atomic mass is 19.4. The Balaban J connectivity index is 1.51. The summed E-state index contributed by atoms with van der Waals surface area (Å²) in [6, 6.07) is 5.10. The monoisotopic (exact) mass is 369 g/mol. The highest BCUT2D eigenvalue weighted by Gasteiger charge is 2.46. The molecule has 0 spiro atoms. The van der Waals surface area contributed by atoms with Gasteiger partial charge in [-0.15, -0.1) is 0 Å². The van der Waals surface area contributed by atoms with Gasteiger partial charge in [-0.25, -0.2) is 0 Å². The lowest BCUT2D eigenvalue weighted by atomic mass is 10.1. The van der Waals surface area contributed by atoms with E-state index in [4.69, 9.17) is 0 Å². The molecule has 2 fully saturated rings. The SMILES string of the molecule is CNC(=O)CN1CCN(C(=O)C2CC2c2ccc(C(F)(F)F)cc2)CC1. The summed E-state index contributed by atoms with van der Waals surface area (Å²) in [5.74, 6) is -0.116. The molecule has 2 amide bonds. The van der Waals surface area contributed by atoms with E-state index in [2.05, 4.69) is 5.32 Å². The van der Waals surface area contributed by atoms with E-state index in [1.165, 1.54) is 12.1 Å². The second-order valence-electron chi connectivity index (χ2n) is 6.84. The Hall–Kier alpha value is -2.09. The first kappa shape index (κ1) is 18.7. The summed E-state index contributed by atoms with van der Waals surface area (Å²) in [6.45, 7) is 2.78. The molecule has 142 valence electrons. The smallest absolute Gasteiger partial charge is 0.358 e. The largest absolute Gasteiger partial charge is 0.416 e. The molecule has 3 rings (SSSR count). The molecular formula is C18H22F3N3O2. The summed E-state index contributed by atoms with van der Waals surface area (Å²) in [4.78, 5) is 27.8. The Bertz CT molecular complexity index is 667. The number of carbonyl (C=O) groups is 2. The summed E-state index contributed by atoms with van der Waals surface area (Å²) < 4.78 is 37.9. The molecule has 0 aromatic heterocycles. The van der Waals surface area contributed by atoms with Gasteiger partial charge in [-0.1, -0.05) is 12.1 Å². The second kappa shape index (κ2) is 7.26. The molecule has 1 N–H and O–H groups in total. The fourth-order valence-corrected chi connectivity index (χ4v) is 3.40. The first-order valence-electron chi connectivity index (χ1n) is 8.68. The Labute approximate surface area is 150 Å². The van der Waals surface area contributed by atoms with Gasteiger partial charge in [0.1, 0.15) is 0 Å². The van der Waals surface area contributed by atoms with Gasteiger partial charge in [0.15, 0.2) is 0 Å². The number of carbonyl (C=O) groups excluding carboxylic acids is 2. The molecule has 1 aromatic rings. The van der Waals surface area contributed by atoms with Crippen LogP contribution >= 0.6 is 0 Å². The molecule has 26 heavy (non-hydrogen) atoms. The Kier molecular flexibility index (Phi) is 5.22. The van der Waals surface area contributed by atoms with Crippen molar-refractivity contribution in [2.24, 2.45) is 5.92 Å². The summed E-state index contributed by atoms with van der Waals surface area (Å²) in [5, 5.41) is 2.58. The molecule has 1 saturated carbocycles. The molecule has 8 heteroatoms. The average molecular weight is 369 g/mol. The number of hydrogen-bond donors (Lipinski definition) is 1. The van der Waals surface area contributed by atoms with Crippen molar-refractivity contribution < 1.29 is 22.8 Å². The van der Waals surface area contributed by atoms with Crippen molar-refractivity contribution in [2.75, 3.05) is 39.8 Å². The lowest BCUT2D eigenvalue weighted by Crippen LogP contribution is -2.51. The molecule has 2 unspecified atom stereocenters. The van der Waals surface area contributed by atoms with E-state index in [0.29, 0.717) is 39.1 Å². The molecule has 1 saturated heterocycles. The predicted molar refractivity (Wildman–Crippen MR) is 89.4 cm³/mol. The van der Waals surface area contributed by atoms with Crippen LogP contribution in [0.4, 0.5) is 13.2 Å². The minimum absolute atomic E-state index is 0.00804. The number of piperazine rings is 1. The van der Waals surface area contributed by atoms with Gasteiger partial charge >= 0.3 is 6.18 Å². The molecular weight excluding hydrogens is 347 g/mol. The standard InChI is InChI=1S/C18H22F3N3O2/c1-22-16(25)11-23-6-8-24(9-7-23)17(26)15-10-14(15)12-2-4-13(5-3-12)18(19,20)21/h2-5,14-15H,6-11H2,1H3,(H,22,25). The Morgan fingerprint density at radius 2 is 1.73 bits per heavy atom. The fraction of sp³-hybridized carbons (Fsp3) is 0.556. The molecule has 1 heterocycles. The van der Waals surface area contributed by atoms with Crippen LogP contribution in [0.15, 0.2) is 24.3 Å². The van der Waals surface area contributed by atoms with Crippen LogP contribution in [-0.4, -0.2) is 61.4 Å². The van der Waals surface area contributed by atoms with Crippen LogP contribution in [0, 0.1) is 5.92 Å². The van der Waals surface area contributed by atoms with Crippen molar-refractivity contribution in [3.63, 3.8) is 0 Å². The van der Waals surface area contributed by atoms with E-state index in [1.54, 1.807) is 11.9 Å². The van der Waals surface area contributed by atoms with Crippen molar-refractivity contribution in [3.05, 3.63) is 35.4 Å². The zero-order valence-electron chi connectivity index (χ0n) is 14.6. The predicted octanol–water partition coefficient (Wildman–Crippen LogP) is 1.70. The number of alkyl halides is 3. The summed E-state index contributed by atoms with van der Waals surface area (Å²) in [7, 11) is 1.59. The third-order valence-electron chi connectivity index (χ3n) is 5.10. The van der Waals surface area contributed by atoms with Gasteiger partial charge in [0.2, 0.25) is 11.8 Å². The van der Waals surface area contributed by atoms with Crippen molar-refractivity contribution in [2.45, 2.75) is 18.5 Å². The molecule has 0 radical (unpaired) electrons. The highest BCUT2D eigenvalue weighted by molar-refractivity contribution is 5.83. The number of rotatable bonds is 4. The van der Waals surface area contributed by atoms with Crippen LogP contribution in [-0.2, 0) is 15.8 Å². The number of benzene rings is 1. The maximum Gasteiger partial charge on any atom is 0.416 e. The number of halogens is 3. The van der Waals surface area contributed by atoms with Gasteiger partial charge in [0.25, 0.3) is 0 Å². The molecule has 1 aliphatic carbocycles. The topological polar surface area (TPSA) is 52.7 Å².